The zero-order valence-corrected chi connectivity index (χ0v) is 13.7. The third-order valence-electron chi connectivity index (χ3n) is 3.74. The van der Waals surface area contributed by atoms with Crippen LogP contribution in [0.4, 0.5) is 11.4 Å². The van der Waals surface area contributed by atoms with Gasteiger partial charge in [0.25, 0.3) is 17.5 Å². The Bertz CT molecular complexity index is 865. The zero-order chi connectivity index (χ0) is 18.0. The molecule has 0 radical (unpaired) electrons. The van der Waals surface area contributed by atoms with Crippen molar-refractivity contribution in [2.45, 2.75) is 18.9 Å². The van der Waals surface area contributed by atoms with E-state index in [0.717, 1.165) is 18.9 Å². The van der Waals surface area contributed by atoms with Crippen LogP contribution in [0.5, 0.6) is 0 Å². The molecule has 0 aromatic heterocycles. The quantitative estimate of drug-likeness (QED) is 0.631. The van der Waals surface area contributed by atoms with E-state index in [-0.39, 0.29) is 28.2 Å². The van der Waals surface area contributed by atoms with Gasteiger partial charge in [-0.05, 0) is 31.0 Å². The van der Waals surface area contributed by atoms with Crippen LogP contribution in [0.2, 0.25) is 5.02 Å². The van der Waals surface area contributed by atoms with Crippen LogP contribution >= 0.6 is 11.6 Å². The molecule has 8 heteroatoms. The number of nitro groups is 1. The predicted molar refractivity (Wildman–Crippen MR) is 93.0 cm³/mol. The fourth-order valence-corrected chi connectivity index (χ4v) is 2.53. The highest BCUT2D eigenvalue weighted by molar-refractivity contribution is 6.34. The van der Waals surface area contributed by atoms with Gasteiger partial charge in [-0.15, -0.1) is 0 Å². The van der Waals surface area contributed by atoms with Crippen LogP contribution in [0.1, 0.15) is 33.6 Å². The van der Waals surface area contributed by atoms with Crippen LogP contribution in [0, 0.1) is 10.1 Å². The minimum Gasteiger partial charge on any atom is -0.349 e. The van der Waals surface area contributed by atoms with Gasteiger partial charge >= 0.3 is 0 Å². The molecule has 7 nitrogen and oxygen atoms in total. The Hall–Kier alpha value is -2.93. The van der Waals surface area contributed by atoms with Crippen molar-refractivity contribution in [1.82, 2.24) is 5.32 Å². The molecule has 1 saturated carbocycles. The second-order valence-corrected chi connectivity index (χ2v) is 6.08. The summed E-state index contributed by atoms with van der Waals surface area (Å²) >= 11 is 5.97. The SMILES string of the molecule is O=C(Nc1ccccc1C(=O)NC1CC1)c1ccc([N+](=O)[O-])cc1Cl. The van der Waals surface area contributed by atoms with Gasteiger partial charge in [0.1, 0.15) is 0 Å². The maximum atomic E-state index is 12.4. The Morgan fingerprint density at radius 3 is 2.44 bits per heavy atom. The summed E-state index contributed by atoms with van der Waals surface area (Å²) in [5.41, 5.74) is 0.580. The van der Waals surface area contributed by atoms with E-state index in [0.29, 0.717) is 11.3 Å². The Morgan fingerprint density at radius 2 is 1.80 bits per heavy atom. The van der Waals surface area contributed by atoms with Crippen molar-refractivity contribution in [1.29, 1.82) is 0 Å². The summed E-state index contributed by atoms with van der Waals surface area (Å²) in [5.74, 6) is -0.806. The maximum Gasteiger partial charge on any atom is 0.270 e. The molecule has 0 heterocycles. The van der Waals surface area contributed by atoms with E-state index in [1.807, 2.05) is 0 Å². The van der Waals surface area contributed by atoms with Crippen LogP contribution < -0.4 is 10.6 Å². The molecule has 0 spiro atoms. The first-order valence-electron chi connectivity index (χ1n) is 7.61. The Kier molecular flexibility index (Phi) is 4.67. The Balaban J connectivity index is 1.81. The van der Waals surface area contributed by atoms with Gasteiger partial charge in [0.05, 0.1) is 26.8 Å². The fourth-order valence-electron chi connectivity index (χ4n) is 2.27. The standard InChI is InChI=1S/C17H14ClN3O4/c18-14-9-11(21(24)25)7-8-12(14)16(22)20-15-4-2-1-3-13(15)17(23)19-10-5-6-10/h1-4,7-10H,5-6H2,(H,19,23)(H,20,22). The number of anilines is 1. The molecule has 128 valence electrons. The van der Waals surface area contributed by atoms with Crippen molar-refractivity contribution in [2.24, 2.45) is 0 Å². The van der Waals surface area contributed by atoms with Gasteiger partial charge in [0.2, 0.25) is 0 Å². The van der Waals surface area contributed by atoms with Crippen molar-refractivity contribution >= 4 is 34.8 Å². The maximum absolute atomic E-state index is 12.4. The molecule has 2 aromatic rings. The lowest BCUT2D eigenvalue weighted by molar-refractivity contribution is -0.384. The van der Waals surface area contributed by atoms with Crippen molar-refractivity contribution in [3.8, 4) is 0 Å². The van der Waals surface area contributed by atoms with Gasteiger partial charge in [-0.25, -0.2) is 0 Å². The van der Waals surface area contributed by atoms with Crippen molar-refractivity contribution < 1.29 is 14.5 Å². The number of benzene rings is 2. The van der Waals surface area contributed by atoms with Crippen LogP contribution in [0.3, 0.4) is 0 Å². The third kappa shape index (κ3) is 3.95. The highest BCUT2D eigenvalue weighted by Crippen LogP contribution is 2.25. The average Bonchev–Trinajstić information content (AvgIpc) is 3.38. The van der Waals surface area contributed by atoms with Crippen molar-refractivity contribution in [3.05, 3.63) is 68.7 Å². The monoisotopic (exact) mass is 359 g/mol. The molecule has 3 rings (SSSR count). The number of nitrogens with one attached hydrogen (secondary N) is 2. The molecule has 0 saturated heterocycles. The van der Waals surface area contributed by atoms with Gasteiger partial charge in [-0.1, -0.05) is 23.7 Å². The molecule has 0 atom stereocenters. The summed E-state index contributed by atoms with van der Waals surface area (Å²) in [6.45, 7) is 0. The lowest BCUT2D eigenvalue weighted by Gasteiger charge is -2.11. The minimum atomic E-state index is -0.592. The third-order valence-corrected chi connectivity index (χ3v) is 4.05. The van der Waals surface area contributed by atoms with E-state index in [1.54, 1.807) is 24.3 Å². The number of nitrogens with zero attached hydrogens (tertiary/aromatic N) is 1. The van der Waals surface area contributed by atoms with E-state index in [4.69, 9.17) is 11.6 Å². The lowest BCUT2D eigenvalue weighted by Crippen LogP contribution is -2.27. The van der Waals surface area contributed by atoms with Crippen LogP contribution in [-0.4, -0.2) is 22.8 Å². The van der Waals surface area contributed by atoms with Crippen LogP contribution in [0.25, 0.3) is 0 Å². The molecular weight excluding hydrogens is 346 g/mol. The van der Waals surface area contributed by atoms with E-state index in [1.165, 1.54) is 12.1 Å². The molecule has 1 aliphatic rings. The summed E-state index contributed by atoms with van der Waals surface area (Å²) in [7, 11) is 0. The topological polar surface area (TPSA) is 101 Å². The lowest BCUT2D eigenvalue weighted by atomic mass is 10.1. The van der Waals surface area contributed by atoms with Gasteiger partial charge in [-0.2, -0.15) is 0 Å². The second-order valence-electron chi connectivity index (χ2n) is 5.67. The molecule has 0 bridgehead atoms. The molecule has 2 amide bonds. The highest BCUT2D eigenvalue weighted by Gasteiger charge is 2.25. The van der Waals surface area contributed by atoms with E-state index < -0.39 is 10.8 Å². The van der Waals surface area contributed by atoms with Gasteiger partial charge < -0.3 is 10.6 Å². The largest absolute Gasteiger partial charge is 0.349 e. The Labute approximate surface area is 148 Å². The summed E-state index contributed by atoms with van der Waals surface area (Å²) in [5, 5.41) is 16.2. The number of hydrogen-bond acceptors (Lipinski definition) is 4. The molecule has 2 aromatic carbocycles. The Morgan fingerprint density at radius 1 is 1.08 bits per heavy atom. The fraction of sp³-hybridized carbons (Fsp3) is 0.176. The smallest absolute Gasteiger partial charge is 0.270 e. The summed E-state index contributed by atoms with van der Waals surface area (Å²) in [6.07, 6.45) is 1.91. The highest BCUT2D eigenvalue weighted by atomic mass is 35.5. The molecule has 2 N–H and O–H groups in total. The number of amides is 2. The predicted octanol–water partition coefficient (Wildman–Crippen LogP) is 3.39. The summed E-state index contributed by atoms with van der Waals surface area (Å²) in [6, 6.07) is 10.4. The van der Waals surface area contributed by atoms with E-state index in [9.17, 15) is 19.7 Å². The van der Waals surface area contributed by atoms with Crippen molar-refractivity contribution in [3.63, 3.8) is 0 Å². The second kappa shape index (κ2) is 6.90. The molecule has 25 heavy (non-hydrogen) atoms. The number of carbonyl (C=O) groups is 2. The van der Waals surface area contributed by atoms with Crippen LogP contribution in [0.15, 0.2) is 42.5 Å². The number of hydrogen-bond donors (Lipinski definition) is 2. The van der Waals surface area contributed by atoms with Gasteiger partial charge in [-0.3, -0.25) is 19.7 Å². The number of rotatable bonds is 5. The molecule has 0 aliphatic heterocycles. The number of nitro benzene ring substituents is 1. The average molecular weight is 360 g/mol. The zero-order valence-electron chi connectivity index (χ0n) is 13.0. The first-order chi connectivity index (χ1) is 12.0. The number of non-ortho nitro benzene ring substituents is 1. The molecule has 1 aliphatic carbocycles. The normalized spacial score (nSPS) is 13.2. The first-order valence-corrected chi connectivity index (χ1v) is 7.98. The van der Waals surface area contributed by atoms with Gasteiger partial charge in [0, 0.05) is 18.2 Å². The van der Waals surface area contributed by atoms with E-state index in [2.05, 4.69) is 10.6 Å². The first kappa shape index (κ1) is 16.9. The molecule has 0 unspecified atom stereocenters. The van der Waals surface area contributed by atoms with Crippen LogP contribution in [-0.2, 0) is 0 Å². The summed E-state index contributed by atoms with van der Waals surface area (Å²) < 4.78 is 0. The molecular formula is C17H14ClN3O4. The van der Waals surface area contributed by atoms with Gasteiger partial charge in [0.15, 0.2) is 0 Å². The van der Waals surface area contributed by atoms with E-state index >= 15 is 0 Å². The minimum absolute atomic E-state index is 0.0355. The number of carbonyl (C=O) groups excluding carboxylic acids is 2. The van der Waals surface area contributed by atoms with Crippen molar-refractivity contribution in [2.75, 3.05) is 5.32 Å². The summed E-state index contributed by atoms with van der Waals surface area (Å²) in [4.78, 5) is 34.8. The molecule has 1 fully saturated rings. The number of halogens is 1. The number of para-hydroxylation sites is 1.